The van der Waals surface area contributed by atoms with Crippen LogP contribution in [0.1, 0.15) is 26.5 Å². The van der Waals surface area contributed by atoms with Crippen molar-refractivity contribution in [2.75, 3.05) is 12.0 Å². The zero-order valence-electron chi connectivity index (χ0n) is 10.5. The van der Waals surface area contributed by atoms with Gasteiger partial charge in [0, 0.05) is 6.07 Å². The molecule has 0 atom stereocenters. The van der Waals surface area contributed by atoms with Gasteiger partial charge in [0.15, 0.2) is 0 Å². The molecule has 1 aliphatic heterocycles. The lowest BCUT2D eigenvalue weighted by atomic mass is 10.2. The van der Waals surface area contributed by atoms with Crippen molar-refractivity contribution in [3.05, 3.63) is 53.3 Å². The van der Waals surface area contributed by atoms with Crippen LogP contribution in [0.5, 0.6) is 0 Å². The Bertz CT molecular complexity index is 648. The number of fused-ring (bicyclic) bond motifs is 1. The summed E-state index contributed by atoms with van der Waals surface area (Å²) in [6.45, 7) is 0.433. The fourth-order valence-electron chi connectivity index (χ4n) is 1.89. The molecular weight excluding hydrogens is 260 g/mol. The van der Waals surface area contributed by atoms with Crippen molar-refractivity contribution in [1.29, 1.82) is 0 Å². The van der Waals surface area contributed by atoms with Crippen LogP contribution in [0.2, 0.25) is 0 Å². The van der Waals surface area contributed by atoms with Crippen molar-refractivity contribution >= 4 is 17.8 Å². The highest BCUT2D eigenvalue weighted by Crippen LogP contribution is 2.23. The fraction of sp³-hybridized carbons (Fsp3) is 0.143. The van der Waals surface area contributed by atoms with Gasteiger partial charge in [0.25, 0.3) is 5.91 Å². The summed E-state index contributed by atoms with van der Waals surface area (Å²) >= 11 is 0. The molecule has 1 amide bonds. The molecule has 0 unspecified atom stereocenters. The van der Waals surface area contributed by atoms with Gasteiger partial charge in [-0.3, -0.25) is 4.79 Å². The number of anilines is 1. The van der Waals surface area contributed by atoms with Gasteiger partial charge in [-0.05, 0) is 5.56 Å². The second kappa shape index (κ2) is 5.08. The van der Waals surface area contributed by atoms with Crippen molar-refractivity contribution in [3.63, 3.8) is 0 Å². The van der Waals surface area contributed by atoms with E-state index in [4.69, 9.17) is 9.15 Å². The van der Waals surface area contributed by atoms with Crippen molar-refractivity contribution in [2.24, 2.45) is 0 Å². The van der Waals surface area contributed by atoms with Gasteiger partial charge in [0.1, 0.15) is 12.2 Å². The summed E-state index contributed by atoms with van der Waals surface area (Å²) in [5.74, 6) is -0.571. The Kier molecular flexibility index (Phi) is 3.12. The quantitative estimate of drug-likeness (QED) is 0.832. The van der Waals surface area contributed by atoms with E-state index in [0.717, 1.165) is 5.56 Å². The molecule has 1 aliphatic rings. The molecule has 1 aromatic carbocycles. The number of furan rings is 1. The second-order valence-electron chi connectivity index (χ2n) is 4.27. The highest BCUT2D eigenvalue weighted by Gasteiger charge is 2.24. The first-order valence-electron chi connectivity index (χ1n) is 6.11. The minimum absolute atomic E-state index is 0.00970. The Balaban J connectivity index is 1.70. The van der Waals surface area contributed by atoms with Gasteiger partial charge in [-0.15, -0.1) is 0 Å². The van der Waals surface area contributed by atoms with Gasteiger partial charge in [-0.2, -0.15) is 0 Å². The Morgan fingerprint density at radius 1 is 1.25 bits per heavy atom. The largest absolute Gasteiger partial charge is 0.455 e. The highest BCUT2D eigenvalue weighted by molar-refractivity contribution is 6.02. The predicted octanol–water partition coefficient (Wildman–Crippen LogP) is 1.75. The van der Waals surface area contributed by atoms with E-state index < -0.39 is 5.97 Å². The number of carbonyl (C=O) groups is 2. The van der Waals surface area contributed by atoms with Crippen LogP contribution in [0, 0.1) is 0 Å². The maximum Gasteiger partial charge on any atom is 0.374 e. The first-order chi connectivity index (χ1) is 9.74. The van der Waals surface area contributed by atoms with E-state index in [0.29, 0.717) is 11.4 Å². The van der Waals surface area contributed by atoms with Crippen molar-refractivity contribution in [1.82, 2.24) is 5.32 Å². The molecule has 0 radical (unpaired) electrons. The standard InChI is InChI=1S/C14H12N2O4/c17-12-10-6-11(20-13(10)16-8-15-12)14(18)19-7-9-4-2-1-3-5-9/h1-6,16H,7-8H2,(H,15,17). The molecule has 3 rings (SSSR count). The molecule has 20 heavy (non-hydrogen) atoms. The number of amides is 1. The molecule has 102 valence electrons. The molecule has 6 nitrogen and oxygen atoms in total. The van der Waals surface area contributed by atoms with Gasteiger partial charge < -0.3 is 19.8 Å². The minimum atomic E-state index is -0.599. The Labute approximate surface area is 114 Å². The zero-order valence-corrected chi connectivity index (χ0v) is 10.5. The van der Waals surface area contributed by atoms with Crippen LogP contribution in [0.4, 0.5) is 5.88 Å². The van der Waals surface area contributed by atoms with Crippen LogP contribution >= 0.6 is 0 Å². The topological polar surface area (TPSA) is 80.6 Å². The second-order valence-corrected chi connectivity index (χ2v) is 4.27. The first-order valence-corrected chi connectivity index (χ1v) is 6.11. The molecule has 0 aliphatic carbocycles. The molecular formula is C14H12N2O4. The average molecular weight is 272 g/mol. The Hall–Kier alpha value is -2.76. The van der Waals surface area contributed by atoms with Crippen LogP contribution in [-0.4, -0.2) is 18.5 Å². The molecule has 2 aromatic rings. The van der Waals surface area contributed by atoms with Crippen LogP contribution in [0.25, 0.3) is 0 Å². The molecule has 0 saturated heterocycles. The predicted molar refractivity (Wildman–Crippen MR) is 70.2 cm³/mol. The van der Waals surface area contributed by atoms with Crippen LogP contribution in [-0.2, 0) is 11.3 Å². The van der Waals surface area contributed by atoms with E-state index >= 15 is 0 Å². The number of ether oxygens (including phenoxy) is 1. The summed E-state index contributed by atoms with van der Waals surface area (Å²) < 4.78 is 10.4. The number of hydrogen-bond acceptors (Lipinski definition) is 5. The minimum Gasteiger partial charge on any atom is -0.455 e. The number of benzene rings is 1. The lowest BCUT2D eigenvalue weighted by molar-refractivity contribution is 0.0437. The molecule has 0 fully saturated rings. The van der Waals surface area contributed by atoms with E-state index in [2.05, 4.69) is 10.6 Å². The van der Waals surface area contributed by atoms with Gasteiger partial charge >= 0.3 is 5.97 Å². The van der Waals surface area contributed by atoms with E-state index in [1.54, 1.807) is 0 Å². The lowest BCUT2D eigenvalue weighted by Crippen LogP contribution is -2.33. The fourth-order valence-corrected chi connectivity index (χ4v) is 1.89. The SMILES string of the molecule is O=C(OCc1ccccc1)c1cc2c(o1)NCNC2=O. The summed E-state index contributed by atoms with van der Waals surface area (Å²) in [6.07, 6.45) is 0. The summed E-state index contributed by atoms with van der Waals surface area (Å²) in [6, 6.07) is 10.7. The van der Waals surface area contributed by atoms with Gasteiger partial charge in [0.05, 0.1) is 6.67 Å². The normalized spacial score (nSPS) is 13.1. The molecule has 2 N–H and O–H groups in total. The number of rotatable bonds is 3. The van der Waals surface area contributed by atoms with E-state index in [1.165, 1.54) is 6.07 Å². The monoisotopic (exact) mass is 272 g/mol. The summed E-state index contributed by atoms with van der Waals surface area (Å²) in [5, 5.41) is 5.42. The first kappa shape index (κ1) is 12.3. The zero-order chi connectivity index (χ0) is 13.9. The summed E-state index contributed by atoms with van der Waals surface area (Å²) in [4.78, 5) is 23.4. The number of carbonyl (C=O) groups excluding carboxylic acids is 2. The maximum absolute atomic E-state index is 11.9. The van der Waals surface area contributed by atoms with Crippen LogP contribution in [0.15, 0.2) is 40.8 Å². The van der Waals surface area contributed by atoms with Crippen LogP contribution < -0.4 is 10.6 Å². The van der Waals surface area contributed by atoms with Crippen molar-refractivity contribution in [2.45, 2.75) is 6.61 Å². The number of esters is 1. The summed E-state index contributed by atoms with van der Waals surface area (Å²) in [7, 11) is 0. The smallest absolute Gasteiger partial charge is 0.374 e. The van der Waals surface area contributed by atoms with Crippen molar-refractivity contribution < 1.29 is 18.7 Å². The molecule has 0 saturated carbocycles. The third kappa shape index (κ3) is 2.35. The highest BCUT2D eigenvalue weighted by atomic mass is 16.5. The van der Waals surface area contributed by atoms with Gasteiger partial charge in [0.2, 0.25) is 11.6 Å². The van der Waals surface area contributed by atoms with E-state index in [1.807, 2.05) is 30.3 Å². The molecule has 1 aromatic heterocycles. The third-order valence-electron chi connectivity index (χ3n) is 2.89. The maximum atomic E-state index is 11.9. The van der Waals surface area contributed by atoms with E-state index in [-0.39, 0.29) is 24.9 Å². The number of nitrogens with one attached hydrogen (secondary N) is 2. The molecule has 0 spiro atoms. The number of hydrogen-bond donors (Lipinski definition) is 2. The lowest BCUT2D eigenvalue weighted by Gasteiger charge is -2.12. The Morgan fingerprint density at radius 3 is 2.80 bits per heavy atom. The Morgan fingerprint density at radius 2 is 2.05 bits per heavy atom. The van der Waals surface area contributed by atoms with Gasteiger partial charge in [-0.25, -0.2) is 4.79 Å². The van der Waals surface area contributed by atoms with Gasteiger partial charge in [-0.1, -0.05) is 30.3 Å². The van der Waals surface area contributed by atoms with Crippen LogP contribution in [0.3, 0.4) is 0 Å². The third-order valence-corrected chi connectivity index (χ3v) is 2.89. The molecule has 2 heterocycles. The molecule has 0 bridgehead atoms. The average Bonchev–Trinajstić information content (AvgIpc) is 2.91. The van der Waals surface area contributed by atoms with Crippen molar-refractivity contribution in [3.8, 4) is 0 Å². The molecule has 6 heteroatoms. The summed E-state index contributed by atoms with van der Waals surface area (Å²) in [5.41, 5.74) is 1.19. The van der Waals surface area contributed by atoms with E-state index in [9.17, 15) is 9.59 Å².